The van der Waals surface area contributed by atoms with Crippen LogP contribution in [0.15, 0.2) is 12.4 Å². The monoisotopic (exact) mass is 369 g/mol. The average molecular weight is 371 g/mol. The molecule has 0 amide bonds. The predicted molar refractivity (Wildman–Crippen MR) is 91.0 cm³/mol. The number of nitrogens with one attached hydrogen (secondary N) is 1. The first-order valence-electron chi connectivity index (χ1n) is 7.00. The fourth-order valence-corrected chi connectivity index (χ4v) is 4.89. The van der Waals surface area contributed by atoms with E-state index in [9.17, 15) is 0 Å². The van der Waals surface area contributed by atoms with Crippen molar-refractivity contribution < 1.29 is 0 Å². The van der Waals surface area contributed by atoms with Crippen molar-refractivity contribution in [3.63, 3.8) is 0 Å². The summed E-state index contributed by atoms with van der Waals surface area (Å²) >= 11 is 12.5. The molecule has 2 bridgehead atoms. The van der Waals surface area contributed by atoms with Gasteiger partial charge in [0.2, 0.25) is 0 Å². The van der Waals surface area contributed by atoms with Crippen LogP contribution in [0.4, 0.5) is 0 Å². The SMILES string of the molecule is Cl.Cl.Clc1cncc(Cl)c1CN1[C@@H]2CC[C@H]1[C@H]1CNC[C@H]12. The minimum Gasteiger partial charge on any atom is -0.316 e. The molecule has 4 atom stereocenters. The molecule has 0 saturated carbocycles. The first-order valence-corrected chi connectivity index (χ1v) is 7.75. The van der Waals surface area contributed by atoms with Gasteiger partial charge >= 0.3 is 0 Å². The van der Waals surface area contributed by atoms with Crippen molar-refractivity contribution in [2.45, 2.75) is 31.5 Å². The molecule has 0 aromatic carbocycles. The number of halogens is 4. The summed E-state index contributed by atoms with van der Waals surface area (Å²) < 4.78 is 0. The summed E-state index contributed by atoms with van der Waals surface area (Å²) in [4.78, 5) is 6.68. The number of fused-ring (bicyclic) bond motifs is 5. The highest BCUT2D eigenvalue weighted by Crippen LogP contribution is 2.48. The number of hydrogen-bond acceptors (Lipinski definition) is 3. The normalized spacial score (nSPS) is 33.4. The van der Waals surface area contributed by atoms with Crippen LogP contribution in [-0.2, 0) is 6.54 Å². The molecule has 1 aromatic heterocycles. The number of rotatable bonds is 2. The average Bonchev–Trinajstić information content (AvgIpc) is 3.06. The molecule has 3 aliphatic rings. The Balaban J connectivity index is 0.000000807. The van der Waals surface area contributed by atoms with E-state index in [0.717, 1.165) is 23.9 Å². The van der Waals surface area contributed by atoms with Crippen molar-refractivity contribution in [1.29, 1.82) is 0 Å². The lowest BCUT2D eigenvalue weighted by Gasteiger charge is -2.25. The molecule has 4 rings (SSSR count). The van der Waals surface area contributed by atoms with Crippen molar-refractivity contribution in [3.8, 4) is 0 Å². The van der Waals surface area contributed by atoms with Gasteiger partial charge in [0.1, 0.15) is 0 Å². The maximum Gasteiger partial charge on any atom is 0.0649 e. The predicted octanol–water partition coefficient (Wildman–Crippen LogP) is 3.41. The summed E-state index contributed by atoms with van der Waals surface area (Å²) in [5.74, 6) is 1.66. The van der Waals surface area contributed by atoms with Crippen LogP contribution in [0.1, 0.15) is 18.4 Å². The zero-order valence-corrected chi connectivity index (χ0v) is 14.6. The maximum absolute atomic E-state index is 6.26. The number of aromatic nitrogens is 1. The maximum atomic E-state index is 6.26. The Morgan fingerprint density at radius 3 is 2.10 bits per heavy atom. The van der Waals surface area contributed by atoms with E-state index in [0.29, 0.717) is 22.1 Å². The molecule has 7 heteroatoms. The van der Waals surface area contributed by atoms with Crippen molar-refractivity contribution in [2.75, 3.05) is 13.1 Å². The Morgan fingerprint density at radius 2 is 1.57 bits per heavy atom. The Bertz CT molecular complexity index is 475. The number of pyridine rings is 1. The zero-order valence-electron chi connectivity index (χ0n) is 11.5. The van der Waals surface area contributed by atoms with Crippen molar-refractivity contribution in [1.82, 2.24) is 15.2 Å². The Morgan fingerprint density at radius 1 is 1.05 bits per heavy atom. The molecule has 0 aliphatic carbocycles. The third kappa shape index (κ3) is 2.77. The molecule has 21 heavy (non-hydrogen) atoms. The van der Waals surface area contributed by atoms with Crippen LogP contribution >= 0.6 is 48.0 Å². The van der Waals surface area contributed by atoms with Gasteiger partial charge in [-0.3, -0.25) is 9.88 Å². The summed E-state index contributed by atoms with van der Waals surface area (Å²) in [5, 5.41) is 4.94. The van der Waals surface area contributed by atoms with E-state index < -0.39 is 0 Å². The first-order chi connectivity index (χ1) is 9.25. The van der Waals surface area contributed by atoms with Gasteiger partial charge in [-0.1, -0.05) is 23.2 Å². The smallest absolute Gasteiger partial charge is 0.0649 e. The van der Waals surface area contributed by atoms with Crippen LogP contribution in [0, 0.1) is 11.8 Å². The van der Waals surface area contributed by atoms with E-state index in [4.69, 9.17) is 23.2 Å². The van der Waals surface area contributed by atoms with Gasteiger partial charge in [0.25, 0.3) is 0 Å². The second-order valence-corrected chi connectivity index (χ2v) is 6.77. The van der Waals surface area contributed by atoms with Crippen LogP contribution < -0.4 is 5.32 Å². The van der Waals surface area contributed by atoms with Crippen LogP contribution in [0.5, 0.6) is 0 Å². The fraction of sp³-hybridized carbons (Fsp3) is 0.643. The van der Waals surface area contributed by atoms with Crippen molar-refractivity contribution in [2.24, 2.45) is 11.8 Å². The minimum absolute atomic E-state index is 0. The van der Waals surface area contributed by atoms with Crippen molar-refractivity contribution in [3.05, 3.63) is 28.0 Å². The Labute approximate surface area is 147 Å². The second kappa shape index (κ2) is 6.77. The highest BCUT2D eigenvalue weighted by Gasteiger charge is 2.54. The summed E-state index contributed by atoms with van der Waals surface area (Å²) in [6, 6.07) is 1.43. The Kier molecular flexibility index (Phi) is 5.67. The van der Waals surface area contributed by atoms with Crippen LogP contribution in [0.25, 0.3) is 0 Å². The standard InChI is InChI=1S/C14H17Cl2N3.2ClH/c15-11-5-18-6-12(16)10(11)7-19-13-1-2-14(19)9-4-17-3-8(9)13;;/h5-6,8-9,13-14,17H,1-4,7H2;2*1H/t8-,9+,13-,14+;;. The van der Waals surface area contributed by atoms with Gasteiger partial charge in [0.05, 0.1) is 10.0 Å². The summed E-state index contributed by atoms with van der Waals surface area (Å²) in [5.41, 5.74) is 1.04. The van der Waals surface area contributed by atoms with Gasteiger partial charge in [-0.05, 0) is 37.8 Å². The lowest BCUT2D eigenvalue weighted by molar-refractivity contribution is 0.218. The molecule has 0 radical (unpaired) electrons. The zero-order chi connectivity index (χ0) is 13.0. The topological polar surface area (TPSA) is 28.2 Å². The molecule has 118 valence electrons. The molecule has 3 nitrogen and oxygen atoms in total. The minimum atomic E-state index is 0. The van der Waals surface area contributed by atoms with Gasteiger partial charge in [-0.2, -0.15) is 0 Å². The van der Waals surface area contributed by atoms with Crippen LogP contribution in [0.2, 0.25) is 10.0 Å². The quantitative estimate of drug-likeness (QED) is 0.864. The van der Waals surface area contributed by atoms with E-state index in [1.165, 1.54) is 25.9 Å². The largest absolute Gasteiger partial charge is 0.316 e. The summed E-state index contributed by atoms with van der Waals surface area (Å²) in [6.07, 6.45) is 6.05. The molecule has 0 unspecified atom stereocenters. The highest BCUT2D eigenvalue weighted by atomic mass is 35.5. The van der Waals surface area contributed by atoms with E-state index in [1.54, 1.807) is 12.4 Å². The highest BCUT2D eigenvalue weighted by molar-refractivity contribution is 6.35. The van der Waals surface area contributed by atoms with Gasteiger partial charge in [0.15, 0.2) is 0 Å². The van der Waals surface area contributed by atoms with Gasteiger partial charge < -0.3 is 5.32 Å². The third-order valence-corrected chi connectivity index (χ3v) is 5.85. The van der Waals surface area contributed by atoms with E-state index >= 15 is 0 Å². The van der Waals surface area contributed by atoms with Crippen molar-refractivity contribution >= 4 is 48.0 Å². The molecule has 1 aromatic rings. The van der Waals surface area contributed by atoms with Crippen LogP contribution in [-0.4, -0.2) is 35.1 Å². The number of nitrogens with zero attached hydrogens (tertiary/aromatic N) is 2. The number of hydrogen-bond donors (Lipinski definition) is 1. The summed E-state index contributed by atoms with van der Waals surface area (Å²) in [7, 11) is 0. The molecular weight excluding hydrogens is 352 g/mol. The van der Waals surface area contributed by atoms with Crippen LogP contribution in [0.3, 0.4) is 0 Å². The second-order valence-electron chi connectivity index (χ2n) is 5.95. The molecule has 3 fully saturated rings. The molecule has 3 saturated heterocycles. The molecule has 1 N–H and O–H groups in total. The molecule has 4 heterocycles. The lowest BCUT2D eigenvalue weighted by Crippen LogP contribution is -2.33. The fourth-order valence-electron chi connectivity index (χ4n) is 4.41. The van der Waals surface area contributed by atoms with Gasteiger partial charge in [-0.25, -0.2) is 0 Å². The van der Waals surface area contributed by atoms with E-state index in [1.807, 2.05) is 0 Å². The molecular formula is C14H19Cl4N3. The van der Waals surface area contributed by atoms with Gasteiger partial charge in [-0.15, -0.1) is 24.8 Å². The third-order valence-electron chi connectivity index (χ3n) is 5.20. The summed E-state index contributed by atoms with van der Waals surface area (Å²) in [6.45, 7) is 3.24. The Hall–Kier alpha value is 0.230. The molecule has 3 aliphatic heterocycles. The van der Waals surface area contributed by atoms with E-state index in [-0.39, 0.29) is 24.8 Å². The molecule has 0 spiro atoms. The first kappa shape index (κ1) is 17.6. The van der Waals surface area contributed by atoms with Gasteiger partial charge in [0, 0.05) is 36.6 Å². The lowest BCUT2D eigenvalue weighted by atomic mass is 9.82. The van der Waals surface area contributed by atoms with E-state index in [2.05, 4.69) is 15.2 Å².